The Morgan fingerprint density at radius 1 is 1.67 bits per heavy atom. The van der Waals surface area contributed by atoms with E-state index in [9.17, 15) is 4.79 Å². The molecule has 1 saturated heterocycles. The normalized spacial score (nSPS) is 25.8. The lowest BCUT2D eigenvalue weighted by atomic mass is 9.95. The summed E-state index contributed by atoms with van der Waals surface area (Å²) in [5.74, 6) is 0.683. The Labute approximate surface area is 74.9 Å². The van der Waals surface area contributed by atoms with Crippen molar-refractivity contribution in [1.82, 2.24) is 4.90 Å². The summed E-state index contributed by atoms with van der Waals surface area (Å²) in [4.78, 5) is 12.6. The number of amides is 1. The van der Waals surface area contributed by atoms with Gasteiger partial charge in [0.25, 0.3) is 0 Å². The molecular weight excluding hydrogens is 150 g/mol. The molecule has 0 saturated carbocycles. The van der Waals surface area contributed by atoms with Crippen LogP contribution in [0.2, 0.25) is 0 Å². The lowest BCUT2D eigenvalue weighted by Crippen LogP contribution is -2.33. The average molecular weight is 169 g/mol. The third-order valence-corrected chi connectivity index (χ3v) is 2.88. The van der Waals surface area contributed by atoms with Gasteiger partial charge in [0.05, 0.1) is 0 Å². The Morgan fingerprint density at radius 2 is 2.42 bits per heavy atom. The number of nitrogens with zero attached hydrogens (tertiary/aromatic N) is 1. The van der Waals surface area contributed by atoms with E-state index in [0.29, 0.717) is 12.0 Å². The molecule has 0 bridgehead atoms. The maximum absolute atomic E-state index is 10.7. The zero-order valence-electron chi connectivity index (χ0n) is 8.12. The second-order valence-electron chi connectivity index (χ2n) is 3.82. The van der Waals surface area contributed by atoms with Crippen LogP contribution in [0.25, 0.3) is 0 Å². The zero-order chi connectivity index (χ0) is 8.97. The molecule has 0 aromatic heterocycles. The van der Waals surface area contributed by atoms with Crippen LogP contribution in [0.15, 0.2) is 0 Å². The molecular formula is C10H19NO. The molecule has 1 amide bonds. The maximum atomic E-state index is 10.7. The average Bonchev–Trinajstić information content (AvgIpc) is 2.51. The minimum atomic E-state index is 0.530. The number of carbonyl (C=O) groups excluding carboxylic acids is 1. The zero-order valence-corrected chi connectivity index (χ0v) is 8.12. The van der Waals surface area contributed by atoms with Gasteiger partial charge in [0.15, 0.2) is 0 Å². The number of hydrogen-bond acceptors (Lipinski definition) is 1. The second-order valence-corrected chi connectivity index (χ2v) is 3.82. The van der Waals surface area contributed by atoms with Gasteiger partial charge in [-0.2, -0.15) is 0 Å². The van der Waals surface area contributed by atoms with Crippen LogP contribution >= 0.6 is 0 Å². The fourth-order valence-corrected chi connectivity index (χ4v) is 2.20. The summed E-state index contributed by atoms with van der Waals surface area (Å²) in [6, 6.07) is 0.530. The van der Waals surface area contributed by atoms with Crippen molar-refractivity contribution in [3.8, 4) is 0 Å². The summed E-state index contributed by atoms with van der Waals surface area (Å²) in [5, 5.41) is 0. The fourth-order valence-electron chi connectivity index (χ4n) is 2.20. The fraction of sp³-hybridized carbons (Fsp3) is 0.900. The van der Waals surface area contributed by atoms with Crippen LogP contribution < -0.4 is 0 Å². The van der Waals surface area contributed by atoms with Crippen molar-refractivity contribution in [1.29, 1.82) is 0 Å². The molecule has 0 spiro atoms. The Hall–Kier alpha value is -0.530. The minimum absolute atomic E-state index is 0.530. The van der Waals surface area contributed by atoms with Gasteiger partial charge in [0.2, 0.25) is 6.41 Å². The number of hydrogen-bond donors (Lipinski definition) is 0. The molecule has 0 aliphatic carbocycles. The largest absolute Gasteiger partial charge is 0.342 e. The summed E-state index contributed by atoms with van der Waals surface area (Å²) < 4.78 is 0. The van der Waals surface area contributed by atoms with E-state index in [4.69, 9.17) is 0 Å². The molecule has 0 radical (unpaired) electrons. The van der Waals surface area contributed by atoms with E-state index in [0.717, 1.165) is 13.0 Å². The lowest BCUT2D eigenvalue weighted by Gasteiger charge is -2.25. The van der Waals surface area contributed by atoms with Crippen LogP contribution in [-0.4, -0.2) is 23.9 Å². The maximum Gasteiger partial charge on any atom is 0.209 e. The van der Waals surface area contributed by atoms with Crippen molar-refractivity contribution in [2.24, 2.45) is 5.92 Å². The summed E-state index contributed by atoms with van der Waals surface area (Å²) in [6.45, 7) is 5.44. The van der Waals surface area contributed by atoms with Crippen molar-refractivity contribution in [2.45, 2.75) is 45.6 Å². The molecule has 1 aliphatic heterocycles. The molecule has 0 aromatic rings. The van der Waals surface area contributed by atoms with E-state index in [1.165, 1.54) is 25.7 Å². The summed E-state index contributed by atoms with van der Waals surface area (Å²) in [7, 11) is 0. The van der Waals surface area contributed by atoms with E-state index < -0.39 is 0 Å². The third-order valence-electron chi connectivity index (χ3n) is 2.88. The van der Waals surface area contributed by atoms with Crippen molar-refractivity contribution in [2.75, 3.05) is 6.54 Å². The van der Waals surface area contributed by atoms with E-state index in [-0.39, 0.29) is 0 Å². The minimum Gasteiger partial charge on any atom is -0.342 e. The number of carbonyl (C=O) groups is 1. The Morgan fingerprint density at radius 3 is 3.00 bits per heavy atom. The van der Waals surface area contributed by atoms with Gasteiger partial charge in [-0.05, 0) is 25.2 Å². The van der Waals surface area contributed by atoms with Gasteiger partial charge in [-0.15, -0.1) is 0 Å². The molecule has 12 heavy (non-hydrogen) atoms. The summed E-state index contributed by atoms with van der Waals surface area (Å²) in [5.41, 5.74) is 0. The highest BCUT2D eigenvalue weighted by molar-refractivity contribution is 5.48. The number of rotatable bonds is 4. The van der Waals surface area contributed by atoms with Crippen molar-refractivity contribution in [3.05, 3.63) is 0 Å². The van der Waals surface area contributed by atoms with Crippen LogP contribution in [0.3, 0.4) is 0 Å². The van der Waals surface area contributed by atoms with Crippen molar-refractivity contribution >= 4 is 6.41 Å². The third kappa shape index (κ3) is 1.99. The van der Waals surface area contributed by atoms with Gasteiger partial charge >= 0.3 is 0 Å². The second kappa shape index (κ2) is 4.48. The van der Waals surface area contributed by atoms with Crippen LogP contribution in [0.1, 0.15) is 39.5 Å². The number of likely N-dealkylation sites (tertiary alicyclic amines) is 1. The summed E-state index contributed by atoms with van der Waals surface area (Å²) >= 11 is 0. The smallest absolute Gasteiger partial charge is 0.209 e. The molecule has 70 valence electrons. The van der Waals surface area contributed by atoms with Crippen LogP contribution in [0.4, 0.5) is 0 Å². The molecule has 1 heterocycles. The predicted octanol–water partition coefficient (Wildman–Crippen LogP) is 2.04. The standard InChI is InChI=1S/C10H19NO/c1-3-5-9(2)10-6-4-7-11(10)8-12/h8-10H,3-7H2,1-2H3. The van der Waals surface area contributed by atoms with Crippen LogP contribution in [-0.2, 0) is 4.79 Å². The van der Waals surface area contributed by atoms with Gasteiger partial charge in [0.1, 0.15) is 0 Å². The van der Waals surface area contributed by atoms with Crippen LogP contribution in [0, 0.1) is 5.92 Å². The Kier molecular flexibility index (Phi) is 3.57. The first-order valence-electron chi connectivity index (χ1n) is 5.00. The Bertz CT molecular complexity index is 147. The van der Waals surface area contributed by atoms with Gasteiger partial charge in [-0.3, -0.25) is 4.79 Å². The molecule has 2 nitrogen and oxygen atoms in total. The topological polar surface area (TPSA) is 20.3 Å². The van der Waals surface area contributed by atoms with Crippen LogP contribution in [0.5, 0.6) is 0 Å². The van der Waals surface area contributed by atoms with E-state index >= 15 is 0 Å². The first-order valence-corrected chi connectivity index (χ1v) is 5.00. The molecule has 2 unspecified atom stereocenters. The van der Waals surface area contributed by atoms with E-state index in [1.54, 1.807) is 0 Å². The molecule has 1 fully saturated rings. The highest BCUT2D eigenvalue weighted by Crippen LogP contribution is 2.25. The Balaban J connectivity index is 2.43. The molecule has 2 heteroatoms. The van der Waals surface area contributed by atoms with E-state index in [2.05, 4.69) is 13.8 Å². The van der Waals surface area contributed by atoms with E-state index in [1.807, 2.05) is 4.90 Å². The van der Waals surface area contributed by atoms with Crippen molar-refractivity contribution < 1.29 is 4.79 Å². The highest BCUT2D eigenvalue weighted by Gasteiger charge is 2.27. The molecule has 1 aliphatic rings. The first-order chi connectivity index (χ1) is 5.79. The molecule has 1 rings (SSSR count). The molecule has 0 N–H and O–H groups in total. The lowest BCUT2D eigenvalue weighted by molar-refractivity contribution is -0.119. The highest BCUT2D eigenvalue weighted by atomic mass is 16.1. The van der Waals surface area contributed by atoms with Gasteiger partial charge in [-0.25, -0.2) is 0 Å². The van der Waals surface area contributed by atoms with Gasteiger partial charge < -0.3 is 4.90 Å². The summed E-state index contributed by atoms with van der Waals surface area (Å²) in [6.07, 6.45) is 5.89. The van der Waals surface area contributed by atoms with Crippen molar-refractivity contribution in [3.63, 3.8) is 0 Å². The van der Waals surface area contributed by atoms with Gasteiger partial charge in [0, 0.05) is 12.6 Å². The molecule has 0 aromatic carbocycles. The molecule has 2 atom stereocenters. The quantitative estimate of drug-likeness (QED) is 0.590. The predicted molar refractivity (Wildman–Crippen MR) is 49.9 cm³/mol. The monoisotopic (exact) mass is 169 g/mol. The van der Waals surface area contributed by atoms with Gasteiger partial charge in [-0.1, -0.05) is 20.3 Å². The first kappa shape index (κ1) is 9.56. The SMILES string of the molecule is CCCC(C)C1CCCN1C=O.